The Morgan fingerprint density at radius 3 is 2.52 bits per heavy atom. The maximum absolute atomic E-state index is 6.10. The van der Waals surface area contributed by atoms with E-state index in [1.165, 1.54) is 0 Å². The number of morpholine rings is 1. The molecule has 1 aromatic rings. The molecule has 1 heterocycles. The van der Waals surface area contributed by atoms with Gasteiger partial charge in [-0.3, -0.25) is 4.90 Å². The number of rotatable bonds is 5. The van der Waals surface area contributed by atoms with Crippen LogP contribution < -0.4 is 4.74 Å². The number of hydrogen-bond acceptors (Lipinski definition) is 3. The van der Waals surface area contributed by atoms with Crippen molar-refractivity contribution in [1.82, 2.24) is 4.90 Å². The summed E-state index contributed by atoms with van der Waals surface area (Å²) < 4.78 is 11.6. The van der Waals surface area contributed by atoms with Gasteiger partial charge in [0.2, 0.25) is 0 Å². The van der Waals surface area contributed by atoms with E-state index in [0.717, 1.165) is 54.6 Å². The number of benzene rings is 1. The molecule has 118 valence electrons. The van der Waals surface area contributed by atoms with Crippen molar-refractivity contribution < 1.29 is 9.47 Å². The standard InChI is InChI=1S/C17H26ClNO2/c1-12-10-19(11-13(2)21-12)8-5-9-20-17-7-6-16(18)14(3)15(17)4/h6-7,12-13H,5,8-11H2,1-4H3/t12-,13-/m0/s1. The Morgan fingerprint density at radius 2 is 1.86 bits per heavy atom. The van der Waals surface area contributed by atoms with Crippen LogP contribution in [0.1, 0.15) is 31.4 Å². The third-order valence-electron chi connectivity index (χ3n) is 4.04. The van der Waals surface area contributed by atoms with Gasteiger partial charge in [0, 0.05) is 24.7 Å². The Hall–Kier alpha value is -0.770. The third kappa shape index (κ3) is 4.60. The molecule has 4 heteroatoms. The smallest absolute Gasteiger partial charge is 0.122 e. The minimum absolute atomic E-state index is 0.329. The highest BCUT2D eigenvalue weighted by atomic mass is 35.5. The summed E-state index contributed by atoms with van der Waals surface area (Å²) in [5.74, 6) is 0.945. The highest BCUT2D eigenvalue weighted by Gasteiger charge is 2.21. The van der Waals surface area contributed by atoms with E-state index in [2.05, 4.69) is 25.7 Å². The summed E-state index contributed by atoms with van der Waals surface area (Å²) in [7, 11) is 0. The van der Waals surface area contributed by atoms with E-state index >= 15 is 0 Å². The van der Waals surface area contributed by atoms with E-state index in [1.54, 1.807) is 0 Å². The van der Waals surface area contributed by atoms with Gasteiger partial charge in [-0.05, 0) is 57.4 Å². The summed E-state index contributed by atoms with van der Waals surface area (Å²) in [5, 5.41) is 0.802. The van der Waals surface area contributed by atoms with Gasteiger partial charge in [-0.1, -0.05) is 11.6 Å². The van der Waals surface area contributed by atoms with Gasteiger partial charge < -0.3 is 9.47 Å². The van der Waals surface area contributed by atoms with E-state index in [9.17, 15) is 0 Å². The molecule has 1 aromatic carbocycles. The van der Waals surface area contributed by atoms with Gasteiger partial charge in [-0.25, -0.2) is 0 Å². The summed E-state index contributed by atoms with van der Waals surface area (Å²) >= 11 is 6.10. The highest BCUT2D eigenvalue weighted by molar-refractivity contribution is 6.31. The molecule has 1 fully saturated rings. The maximum Gasteiger partial charge on any atom is 0.122 e. The zero-order valence-electron chi connectivity index (χ0n) is 13.5. The predicted molar refractivity (Wildman–Crippen MR) is 87.5 cm³/mol. The zero-order valence-corrected chi connectivity index (χ0v) is 14.2. The first-order valence-corrected chi connectivity index (χ1v) is 8.11. The van der Waals surface area contributed by atoms with Gasteiger partial charge in [0.15, 0.2) is 0 Å². The second-order valence-electron chi connectivity index (χ2n) is 6.01. The van der Waals surface area contributed by atoms with Crippen molar-refractivity contribution in [3.63, 3.8) is 0 Å². The lowest BCUT2D eigenvalue weighted by Gasteiger charge is -2.35. The Labute approximate surface area is 133 Å². The van der Waals surface area contributed by atoms with Gasteiger partial charge >= 0.3 is 0 Å². The van der Waals surface area contributed by atoms with Crippen molar-refractivity contribution >= 4 is 11.6 Å². The van der Waals surface area contributed by atoms with E-state index in [0.29, 0.717) is 12.2 Å². The number of hydrogen-bond donors (Lipinski definition) is 0. The molecule has 2 rings (SSSR count). The third-order valence-corrected chi connectivity index (χ3v) is 4.45. The van der Waals surface area contributed by atoms with E-state index in [4.69, 9.17) is 21.1 Å². The fourth-order valence-electron chi connectivity index (χ4n) is 2.86. The monoisotopic (exact) mass is 311 g/mol. The largest absolute Gasteiger partial charge is 0.493 e. The van der Waals surface area contributed by atoms with Crippen LogP contribution >= 0.6 is 11.6 Å². The fourth-order valence-corrected chi connectivity index (χ4v) is 3.06. The Kier molecular flexibility index (Phi) is 5.91. The molecule has 1 aliphatic rings. The Morgan fingerprint density at radius 1 is 1.19 bits per heavy atom. The first kappa shape index (κ1) is 16.6. The molecule has 2 atom stereocenters. The SMILES string of the molecule is Cc1c(Cl)ccc(OCCCN2C[C@H](C)O[C@@H](C)C2)c1C. The van der Waals surface area contributed by atoms with Crippen molar-refractivity contribution in [2.24, 2.45) is 0 Å². The zero-order chi connectivity index (χ0) is 15.4. The normalized spacial score (nSPS) is 23.3. The molecule has 0 radical (unpaired) electrons. The molecule has 3 nitrogen and oxygen atoms in total. The minimum Gasteiger partial charge on any atom is -0.493 e. The molecular weight excluding hydrogens is 286 g/mol. The van der Waals surface area contributed by atoms with E-state index in [-0.39, 0.29) is 0 Å². The first-order valence-electron chi connectivity index (χ1n) is 7.73. The first-order chi connectivity index (χ1) is 9.97. The summed E-state index contributed by atoms with van der Waals surface area (Å²) in [6.07, 6.45) is 1.69. The molecule has 0 N–H and O–H groups in total. The number of halogens is 1. The van der Waals surface area contributed by atoms with Crippen LogP contribution in [0.3, 0.4) is 0 Å². The van der Waals surface area contributed by atoms with Crippen LogP contribution in [0.25, 0.3) is 0 Å². The summed E-state index contributed by atoms with van der Waals surface area (Å²) in [4.78, 5) is 2.46. The van der Waals surface area contributed by atoms with Gasteiger partial charge in [0.1, 0.15) is 5.75 Å². The minimum atomic E-state index is 0.329. The second-order valence-corrected chi connectivity index (χ2v) is 6.42. The van der Waals surface area contributed by atoms with Crippen molar-refractivity contribution in [1.29, 1.82) is 0 Å². The Balaban J connectivity index is 1.76. The second kappa shape index (κ2) is 7.48. The van der Waals surface area contributed by atoms with E-state index < -0.39 is 0 Å². The summed E-state index contributed by atoms with van der Waals surface area (Å²) in [6.45, 7) is 12.2. The number of ether oxygens (including phenoxy) is 2. The lowest BCUT2D eigenvalue weighted by molar-refractivity contribution is -0.0686. The van der Waals surface area contributed by atoms with E-state index in [1.807, 2.05) is 19.1 Å². The molecule has 1 saturated heterocycles. The Bertz CT molecular complexity index is 468. The molecule has 0 aromatic heterocycles. The molecule has 0 aliphatic carbocycles. The van der Waals surface area contributed by atoms with Crippen LogP contribution in [0.4, 0.5) is 0 Å². The van der Waals surface area contributed by atoms with Crippen molar-refractivity contribution in [3.8, 4) is 5.75 Å². The molecular formula is C17H26ClNO2. The average Bonchev–Trinajstić information content (AvgIpc) is 2.42. The quantitative estimate of drug-likeness (QED) is 0.771. The molecule has 0 saturated carbocycles. The molecule has 0 bridgehead atoms. The molecule has 0 unspecified atom stereocenters. The van der Waals surface area contributed by atoms with Gasteiger partial charge in [0.25, 0.3) is 0 Å². The average molecular weight is 312 g/mol. The van der Waals surface area contributed by atoms with Crippen LogP contribution in [0.2, 0.25) is 5.02 Å². The molecule has 0 amide bonds. The maximum atomic E-state index is 6.10. The fraction of sp³-hybridized carbons (Fsp3) is 0.647. The van der Waals surface area contributed by atoms with Crippen LogP contribution in [-0.2, 0) is 4.74 Å². The topological polar surface area (TPSA) is 21.7 Å². The lowest BCUT2D eigenvalue weighted by atomic mass is 10.1. The van der Waals surface area contributed by atoms with Crippen LogP contribution in [0.5, 0.6) is 5.75 Å². The van der Waals surface area contributed by atoms with Crippen molar-refractivity contribution in [2.45, 2.75) is 46.3 Å². The van der Waals surface area contributed by atoms with Crippen LogP contribution in [-0.4, -0.2) is 43.3 Å². The summed E-state index contributed by atoms with van der Waals surface area (Å²) in [5.41, 5.74) is 2.24. The van der Waals surface area contributed by atoms with Crippen molar-refractivity contribution in [3.05, 3.63) is 28.3 Å². The predicted octanol–water partition coefficient (Wildman–Crippen LogP) is 3.83. The number of nitrogens with zero attached hydrogens (tertiary/aromatic N) is 1. The highest BCUT2D eigenvalue weighted by Crippen LogP contribution is 2.27. The van der Waals surface area contributed by atoms with Gasteiger partial charge in [0.05, 0.1) is 18.8 Å². The molecule has 0 spiro atoms. The van der Waals surface area contributed by atoms with Crippen LogP contribution in [0, 0.1) is 13.8 Å². The molecule has 1 aliphatic heterocycles. The van der Waals surface area contributed by atoms with Crippen molar-refractivity contribution in [2.75, 3.05) is 26.2 Å². The van der Waals surface area contributed by atoms with Gasteiger partial charge in [-0.15, -0.1) is 0 Å². The lowest BCUT2D eigenvalue weighted by Crippen LogP contribution is -2.45. The molecule has 21 heavy (non-hydrogen) atoms. The summed E-state index contributed by atoms with van der Waals surface area (Å²) in [6, 6.07) is 3.87. The van der Waals surface area contributed by atoms with Crippen LogP contribution in [0.15, 0.2) is 12.1 Å². The van der Waals surface area contributed by atoms with Gasteiger partial charge in [-0.2, -0.15) is 0 Å².